The van der Waals surface area contributed by atoms with Gasteiger partial charge in [-0.3, -0.25) is 30.9 Å². The van der Waals surface area contributed by atoms with Crippen LogP contribution in [0.25, 0.3) is 11.3 Å². The van der Waals surface area contributed by atoms with E-state index in [0.717, 1.165) is 16.1 Å². The third kappa shape index (κ3) is 4.71. The van der Waals surface area contributed by atoms with E-state index in [1.165, 1.54) is 6.07 Å². The average molecular weight is 470 g/mol. The van der Waals surface area contributed by atoms with Crippen LogP contribution in [0.15, 0.2) is 53.0 Å². The van der Waals surface area contributed by atoms with Gasteiger partial charge in [0, 0.05) is 16.1 Å². The first kappa shape index (κ1) is 20.3. The summed E-state index contributed by atoms with van der Waals surface area (Å²) in [5, 5.41) is 17.6. The summed E-state index contributed by atoms with van der Waals surface area (Å²) in [4.78, 5) is 22.3. The van der Waals surface area contributed by atoms with Gasteiger partial charge in [-0.2, -0.15) is 18.3 Å². The Hall–Kier alpha value is -3.41. The Morgan fingerprint density at radius 1 is 1.14 bits per heavy atom. The lowest BCUT2D eigenvalue weighted by Crippen LogP contribution is -2.30. The van der Waals surface area contributed by atoms with Gasteiger partial charge < -0.3 is 0 Å². The van der Waals surface area contributed by atoms with E-state index in [-0.39, 0.29) is 11.4 Å². The number of aromatic amines is 1. The van der Waals surface area contributed by atoms with Gasteiger partial charge in [0.25, 0.3) is 11.6 Å². The van der Waals surface area contributed by atoms with Gasteiger partial charge in [0.2, 0.25) is 0 Å². The number of halogens is 4. The highest BCUT2D eigenvalue weighted by Gasteiger charge is 2.33. The zero-order chi connectivity index (χ0) is 21.2. The first-order valence-corrected chi connectivity index (χ1v) is 8.68. The number of carbonyl (C=O) groups excluding carboxylic acids is 1. The number of nitro benzene ring substituents is 1. The summed E-state index contributed by atoms with van der Waals surface area (Å²) in [7, 11) is 0. The highest BCUT2D eigenvalue weighted by atomic mass is 79.9. The number of carbonyl (C=O) groups is 1. The van der Waals surface area contributed by atoms with Gasteiger partial charge in [0.15, 0.2) is 0 Å². The second-order valence-electron chi connectivity index (χ2n) is 5.74. The molecule has 3 rings (SSSR count). The summed E-state index contributed by atoms with van der Waals surface area (Å²) in [5.41, 5.74) is 3.43. The standard InChI is InChI=1S/C17H11BrF3N5O3/c18-11-4-1-9(2-5-11)13-8-14(24-23-13)16(27)25-22-12-6-3-10(17(19,20)21)7-15(12)26(28)29/h1-8,22H,(H,23,24)(H,25,27). The summed E-state index contributed by atoms with van der Waals surface area (Å²) in [6.45, 7) is 0. The monoisotopic (exact) mass is 469 g/mol. The summed E-state index contributed by atoms with van der Waals surface area (Å²) in [6.07, 6.45) is -4.73. The number of aromatic nitrogens is 2. The second-order valence-corrected chi connectivity index (χ2v) is 6.66. The molecule has 0 saturated heterocycles. The molecule has 0 aliphatic rings. The Labute approximate surface area is 169 Å². The Kier molecular flexibility index (Phi) is 5.55. The molecule has 1 heterocycles. The molecule has 1 amide bonds. The molecule has 0 radical (unpaired) electrons. The Morgan fingerprint density at radius 3 is 2.45 bits per heavy atom. The van der Waals surface area contributed by atoms with Crippen LogP contribution in [0.3, 0.4) is 0 Å². The number of anilines is 1. The van der Waals surface area contributed by atoms with Crippen LogP contribution in [0.4, 0.5) is 24.5 Å². The van der Waals surface area contributed by atoms with Crippen molar-refractivity contribution < 1.29 is 22.9 Å². The molecule has 29 heavy (non-hydrogen) atoms. The van der Waals surface area contributed by atoms with Crippen LogP contribution in [-0.2, 0) is 6.18 Å². The molecular weight excluding hydrogens is 459 g/mol. The number of H-pyrrole nitrogens is 1. The molecule has 8 nitrogen and oxygen atoms in total. The summed E-state index contributed by atoms with van der Waals surface area (Å²) < 4.78 is 39.1. The lowest BCUT2D eigenvalue weighted by Gasteiger charge is -2.11. The fourth-order valence-corrected chi connectivity index (χ4v) is 2.63. The molecule has 0 bridgehead atoms. The molecular formula is C17H11BrF3N5O3. The van der Waals surface area contributed by atoms with Crippen molar-refractivity contribution >= 4 is 33.2 Å². The third-order valence-electron chi connectivity index (χ3n) is 3.79. The van der Waals surface area contributed by atoms with Gasteiger partial charge >= 0.3 is 6.18 Å². The van der Waals surface area contributed by atoms with Gasteiger partial charge in [-0.15, -0.1) is 0 Å². The number of hydrogen-bond acceptors (Lipinski definition) is 5. The fourth-order valence-electron chi connectivity index (χ4n) is 2.36. The summed E-state index contributed by atoms with van der Waals surface area (Å²) in [6, 6.07) is 10.5. The Bertz CT molecular complexity index is 1070. The van der Waals surface area contributed by atoms with Crippen molar-refractivity contribution in [1.29, 1.82) is 0 Å². The van der Waals surface area contributed by atoms with Crippen LogP contribution in [-0.4, -0.2) is 21.0 Å². The number of benzene rings is 2. The molecule has 0 atom stereocenters. The van der Waals surface area contributed by atoms with Crippen LogP contribution in [0, 0.1) is 10.1 Å². The Balaban J connectivity index is 1.74. The molecule has 3 N–H and O–H groups in total. The minimum Gasteiger partial charge on any atom is -0.292 e. The number of nitrogens with zero attached hydrogens (tertiary/aromatic N) is 2. The van der Waals surface area contributed by atoms with Gasteiger partial charge in [-0.05, 0) is 30.3 Å². The van der Waals surface area contributed by atoms with E-state index in [9.17, 15) is 28.1 Å². The smallest absolute Gasteiger partial charge is 0.292 e. The molecule has 0 fully saturated rings. The summed E-state index contributed by atoms with van der Waals surface area (Å²) in [5.74, 6) is -0.713. The van der Waals surface area contributed by atoms with E-state index in [1.54, 1.807) is 24.3 Å². The summed E-state index contributed by atoms with van der Waals surface area (Å²) >= 11 is 3.31. The lowest BCUT2D eigenvalue weighted by molar-refractivity contribution is -0.384. The molecule has 1 aromatic heterocycles. The quantitative estimate of drug-likeness (QED) is 0.375. The number of nitro groups is 1. The molecule has 3 aromatic rings. The van der Waals surface area contributed by atoms with Gasteiger partial charge in [0.05, 0.1) is 16.2 Å². The van der Waals surface area contributed by atoms with Crippen LogP contribution >= 0.6 is 15.9 Å². The number of rotatable bonds is 5. The number of amides is 1. The largest absolute Gasteiger partial charge is 0.416 e. The van der Waals surface area contributed by atoms with Crippen molar-refractivity contribution in [3.8, 4) is 11.3 Å². The minimum atomic E-state index is -4.73. The molecule has 0 spiro atoms. The topological polar surface area (TPSA) is 113 Å². The third-order valence-corrected chi connectivity index (χ3v) is 4.32. The van der Waals surface area contributed by atoms with Crippen LogP contribution in [0.2, 0.25) is 0 Å². The highest BCUT2D eigenvalue weighted by Crippen LogP contribution is 2.34. The molecule has 0 saturated carbocycles. The van der Waals surface area contributed by atoms with Crippen molar-refractivity contribution in [2.75, 3.05) is 5.43 Å². The molecule has 150 valence electrons. The number of nitrogens with one attached hydrogen (secondary N) is 3. The first-order chi connectivity index (χ1) is 13.6. The molecule has 12 heteroatoms. The minimum absolute atomic E-state index is 0.0463. The van der Waals surface area contributed by atoms with Gasteiger partial charge in [-0.25, -0.2) is 0 Å². The maximum Gasteiger partial charge on any atom is 0.416 e. The van der Waals surface area contributed by atoms with Crippen LogP contribution in [0.1, 0.15) is 16.1 Å². The van der Waals surface area contributed by atoms with Crippen molar-refractivity contribution in [3.63, 3.8) is 0 Å². The fraction of sp³-hybridized carbons (Fsp3) is 0.0588. The van der Waals surface area contributed by atoms with E-state index in [2.05, 4.69) is 37.0 Å². The van der Waals surface area contributed by atoms with Crippen molar-refractivity contribution in [3.05, 3.63) is 74.4 Å². The average Bonchev–Trinajstić information content (AvgIpc) is 3.16. The molecule has 0 unspecified atom stereocenters. The van der Waals surface area contributed by atoms with Crippen molar-refractivity contribution in [2.24, 2.45) is 0 Å². The van der Waals surface area contributed by atoms with Crippen molar-refractivity contribution in [2.45, 2.75) is 6.18 Å². The van der Waals surface area contributed by atoms with Gasteiger partial charge in [-0.1, -0.05) is 28.1 Å². The zero-order valence-corrected chi connectivity index (χ0v) is 15.8. The predicted octanol–water partition coefficient (Wildman–Crippen LogP) is 4.52. The molecule has 2 aromatic carbocycles. The van der Waals surface area contributed by atoms with E-state index < -0.39 is 28.3 Å². The SMILES string of the molecule is O=C(NNc1ccc(C(F)(F)F)cc1[N+](=O)[O-])c1cc(-c2ccc(Br)cc2)n[nH]1. The molecule has 0 aliphatic heterocycles. The predicted molar refractivity (Wildman–Crippen MR) is 101 cm³/mol. The number of hydrazine groups is 1. The van der Waals surface area contributed by atoms with E-state index in [4.69, 9.17) is 0 Å². The van der Waals surface area contributed by atoms with E-state index >= 15 is 0 Å². The first-order valence-electron chi connectivity index (χ1n) is 7.88. The van der Waals surface area contributed by atoms with Crippen molar-refractivity contribution in [1.82, 2.24) is 15.6 Å². The number of hydrogen-bond donors (Lipinski definition) is 3. The maximum atomic E-state index is 12.7. The highest BCUT2D eigenvalue weighted by molar-refractivity contribution is 9.10. The lowest BCUT2D eigenvalue weighted by atomic mass is 10.1. The van der Waals surface area contributed by atoms with Gasteiger partial charge in [0.1, 0.15) is 11.4 Å². The van der Waals surface area contributed by atoms with Crippen LogP contribution in [0.5, 0.6) is 0 Å². The maximum absolute atomic E-state index is 12.7. The van der Waals surface area contributed by atoms with Crippen LogP contribution < -0.4 is 10.9 Å². The normalized spacial score (nSPS) is 11.2. The van der Waals surface area contributed by atoms with E-state index in [1.807, 2.05) is 0 Å². The Morgan fingerprint density at radius 2 is 1.83 bits per heavy atom. The second kappa shape index (κ2) is 7.91. The van der Waals surface area contributed by atoms with E-state index in [0.29, 0.717) is 17.8 Å². The zero-order valence-electron chi connectivity index (χ0n) is 14.2. The number of alkyl halides is 3. The molecule has 0 aliphatic carbocycles.